The first kappa shape index (κ1) is 17.3. The molecule has 126 valence electrons. The van der Waals surface area contributed by atoms with Gasteiger partial charge in [-0.3, -0.25) is 9.59 Å². The maximum Gasteiger partial charge on any atom is 0.328 e. The van der Waals surface area contributed by atoms with E-state index >= 15 is 0 Å². The van der Waals surface area contributed by atoms with Gasteiger partial charge in [0.25, 0.3) is 5.91 Å². The molecule has 1 heterocycles. The fraction of sp³-hybridized carbons (Fsp3) is 0.235. The molecule has 2 aromatic rings. The predicted molar refractivity (Wildman–Crippen MR) is 84.9 cm³/mol. The van der Waals surface area contributed by atoms with Crippen LogP contribution in [0.25, 0.3) is 0 Å². The molecule has 0 bridgehead atoms. The maximum atomic E-state index is 12.2. The number of nitrogens with one attached hydrogen (secondary N) is 1. The quantitative estimate of drug-likeness (QED) is 0.798. The Kier molecular flexibility index (Phi) is 5.73. The van der Waals surface area contributed by atoms with E-state index in [2.05, 4.69) is 5.32 Å². The van der Waals surface area contributed by atoms with Crippen LogP contribution in [0.1, 0.15) is 16.1 Å². The van der Waals surface area contributed by atoms with Gasteiger partial charge in [-0.15, -0.1) is 0 Å². The molecule has 1 N–H and O–H groups in total. The highest BCUT2D eigenvalue weighted by molar-refractivity contribution is 5.94. The lowest BCUT2D eigenvalue weighted by molar-refractivity contribution is -0.142. The lowest BCUT2D eigenvalue weighted by Crippen LogP contribution is -2.43. The van der Waals surface area contributed by atoms with Gasteiger partial charge in [-0.2, -0.15) is 0 Å². The van der Waals surface area contributed by atoms with Gasteiger partial charge in [-0.25, -0.2) is 4.79 Å². The molecule has 0 spiro atoms. The first-order valence-corrected chi connectivity index (χ1v) is 7.14. The summed E-state index contributed by atoms with van der Waals surface area (Å²) in [5.74, 6) is -1.52. The van der Waals surface area contributed by atoms with Crippen molar-refractivity contribution in [3.63, 3.8) is 0 Å². The molecule has 0 aliphatic carbocycles. The van der Waals surface area contributed by atoms with Crippen molar-refractivity contribution in [3.8, 4) is 5.75 Å². The molecule has 2 rings (SSSR count). The van der Waals surface area contributed by atoms with Gasteiger partial charge in [0.1, 0.15) is 12.3 Å². The van der Waals surface area contributed by atoms with Crippen LogP contribution in [0.2, 0.25) is 0 Å². The number of carbonyl (C=O) groups excluding carboxylic acids is 2. The van der Waals surface area contributed by atoms with Crippen LogP contribution in [0.5, 0.6) is 5.75 Å². The molecule has 1 aromatic heterocycles. The summed E-state index contributed by atoms with van der Waals surface area (Å²) >= 11 is 0. The lowest BCUT2D eigenvalue weighted by atomic mass is 10.1. The molecule has 0 saturated carbocycles. The number of amides is 1. The fourth-order valence-electron chi connectivity index (χ4n) is 2.08. The molecule has 24 heavy (non-hydrogen) atoms. The highest BCUT2D eigenvalue weighted by atomic mass is 16.5. The number of esters is 1. The Morgan fingerprint density at radius 3 is 2.50 bits per heavy atom. The van der Waals surface area contributed by atoms with Crippen molar-refractivity contribution in [2.45, 2.75) is 12.5 Å². The Bertz CT molecular complexity index is 768. The molecular formula is C17H17NO6. The monoisotopic (exact) mass is 331 g/mol. The number of benzene rings is 1. The largest absolute Gasteiger partial charge is 0.490 e. The number of hydrogen-bond acceptors (Lipinski definition) is 6. The van der Waals surface area contributed by atoms with Gasteiger partial charge < -0.3 is 19.2 Å². The number of rotatable bonds is 6. The van der Waals surface area contributed by atoms with Crippen LogP contribution in [-0.2, 0) is 16.0 Å². The second-order valence-corrected chi connectivity index (χ2v) is 4.92. The molecule has 1 aromatic carbocycles. The SMILES string of the molecule is COC(=O)C(Cc1ccccc1)NC(=O)c1cc(=O)c(OC)co1. The molecule has 7 nitrogen and oxygen atoms in total. The molecule has 0 aliphatic heterocycles. The van der Waals surface area contributed by atoms with Crippen molar-refractivity contribution < 1.29 is 23.5 Å². The van der Waals surface area contributed by atoms with E-state index in [1.807, 2.05) is 30.3 Å². The van der Waals surface area contributed by atoms with E-state index in [9.17, 15) is 14.4 Å². The van der Waals surface area contributed by atoms with E-state index in [4.69, 9.17) is 13.9 Å². The molecule has 0 radical (unpaired) electrons. The van der Waals surface area contributed by atoms with Crippen molar-refractivity contribution in [2.24, 2.45) is 0 Å². The van der Waals surface area contributed by atoms with Crippen molar-refractivity contribution in [2.75, 3.05) is 14.2 Å². The van der Waals surface area contributed by atoms with Crippen LogP contribution in [0.15, 0.2) is 51.9 Å². The normalized spacial score (nSPS) is 11.4. The highest BCUT2D eigenvalue weighted by Crippen LogP contribution is 2.08. The summed E-state index contributed by atoms with van der Waals surface area (Å²) in [6.45, 7) is 0. The molecule has 0 fully saturated rings. The van der Waals surface area contributed by atoms with Gasteiger partial charge in [0.05, 0.1) is 14.2 Å². The minimum atomic E-state index is -0.905. The number of methoxy groups -OCH3 is 2. The van der Waals surface area contributed by atoms with Gasteiger partial charge in [0, 0.05) is 12.5 Å². The standard InChI is InChI=1S/C17H17NO6/c1-22-15-10-24-14(9-13(15)19)16(20)18-12(17(21)23-2)8-11-6-4-3-5-7-11/h3-7,9-10,12H,8H2,1-2H3,(H,18,20). The van der Waals surface area contributed by atoms with E-state index in [-0.39, 0.29) is 17.9 Å². The summed E-state index contributed by atoms with van der Waals surface area (Å²) in [5.41, 5.74) is 0.357. The maximum absolute atomic E-state index is 12.2. The van der Waals surface area contributed by atoms with Crippen LogP contribution in [-0.4, -0.2) is 32.1 Å². The smallest absolute Gasteiger partial charge is 0.328 e. The van der Waals surface area contributed by atoms with E-state index in [1.54, 1.807) is 0 Å². The van der Waals surface area contributed by atoms with Crippen LogP contribution >= 0.6 is 0 Å². The number of hydrogen-bond donors (Lipinski definition) is 1. The first-order chi connectivity index (χ1) is 11.5. The molecule has 7 heteroatoms. The molecule has 1 unspecified atom stereocenters. The summed E-state index contributed by atoms with van der Waals surface area (Å²) in [5, 5.41) is 2.51. The minimum absolute atomic E-state index is 0.0136. The fourth-order valence-corrected chi connectivity index (χ4v) is 2.08. The molecule has 1 atom stereocenters. The van der Waals surface area contributed by atoms with Gasteiger partial charge in [0.2, 0.25) is 11.2 Å². The van der Waals surface area contributed by atoms with Crippen LogP contribution in [0.4, 0.5) is 0 Å². The Labute approximate surface area is 138 Å². The van der Waals surface area contributed by atoms with E-state index in [0.29, 0.717) is 0 Å². The molecular weight excluding hydrogens is 314 g/mol. The third-order valence-electron chi connectivity index (χ3n) is 3.32. The van der Waals surface area contributed by atoms with Gasteiger partial charge in [-0.1, -0.05) is 30.3 Å². The van der Waals surface area contributed by atoms with Crippen molar-refractivity contribution in [1.82, 2.24) is 5.32 Å². The predicted octanol–water partition coefficient (Wildman–Crippen LogP) is 1.16. The first-order valence-electron chi connectivity index (χ1n) is 7.14. The highest BCUT2D eigenvalue weighted by Gasteiger charge is 2.24. The molecule has 1 amide bonds. The van der Waals surface area contributed by atoms with Crippen molar-refractivity contribution in [1.29, 1.82) is 0 Å². The molecule has 0 saturated heterocycles. The van der Waals surface area contributed by atoms with E-state index in [0.717, 1.165) is 17.9 Å². The Morgan fingerprint density at radius 1 is 1.21 bits per heavy atom. The lowest BCUT2D eigenvalue weighted by Gasteiger charge is -2.16. The second kappa shape index (κ2) is 7.96. The number of ether oxygens (including phenoxy) is 2. The van der Waals surface area contributed by atoms with Crippen LogP contribution in [0.3, 0.4) is 0 Å². The third-order valence-corrected chi connectivity index (χ3v) is 3.32. The topological polar surface area (TPSA) is 94.8 Å². The zero-order chi connectivity index (χ0) is 17.5. The Hall–Kier alpha value is -3.09. The minimum Gasteiger partial charge on any atom is -0.490 e. The zero-order valence-corrected chi connectivity index (χ0v) is 13.3. The summed E-state index contributed by atoms with van der Waals surface area (Å²) in [4.78, 5) is 35.8. The van der Waals surface area contributed by atoms with Crippen molar-refractivity contribution in [3.05, 3.63) is 64.2 Å². The van der Waals surface area contributed by atoms with Crippen LogP contribution in [0, 0.1) is 0 Å². The van der Waals surface area contributed by atoms with Crippen LogP contribution < -0.4 is 15.5 Å². The Morgan fingerprint density at radius 2 is 1.92 bits per heavy atom. The molecule has 0 aliphatic rings. The summed E-state index contributed by atoms with van der Waals surface area (Å²) in [7, 11) is 2.55. The zero-order valence-electron chi connectivity index (χ0n) is 13.3. The second-order valence-electron chi connectivity index (χ2n) is 4.92. The Balaban J connectivity index is 2.16. The number of carbonyl (C=O) groups is 2. The summed E-state index contributed by atoms with van der Waals surface area (Å²) in [6.07, 6.45) is 1.29. The average Bonchev–Trinajstić information content (AvgIpc) is 2.61. The van der Waals surface area contributed by atoms with Crippen molar-refractivity contribution >= 4 is 11.9 Å². The third kappa shape index (κ3) is 4.22. The van der Waals surface area contributed by atoms with E-state index in [1.165, 1.54) is 14.2 Å². The average molecular weight is 331 g/mol. The van der Waals surface area contributed by atoms with E-state index < -0.39 is 23.3 Å². The summed E-state index contributed by atoms with van der Waals surface area (Å²) < 4.78 is 14.6. The van der Waals surface area contributed by atoms with Gasteiger partial charge >= 0.3 is 5.97 Å². The van der Waals surface area contributed by atoms with Gasteiger partial charge in [-0.05, 0) is 5.56 Å². The summed E-state index contributed by atoms with van der Waals surface area (Å²) in [6, 6.07) is 9.26. The van der Waals surface area contributed by atoms with Gasteiger partial charge in [0.15, 0.2) is 5.76 Å².